The molecule has 0 atom stereocenters. The summed E-state index contributed by atoms with van der Waals surface area (Å²) < 4.78 is 3.33. The van der Waals surface area contributed by atoms with Crippen LogP contribution >= 0.6 is 23.6 Å². The third-order valence-corrected chi connectivity index (χ3v) is 4.29. The maximum Gasteiger partial charge on any atom is 0.0836 e. The third kappa shape index (κ3) is 8.54. The minimum atomic E-state index is -0.168. The van der Waals surface area contributed by atoms with Gasteiger partial charge < -0.3 is 8.97 Å². The van der Waals surface area contributed by atoms with Gasteiger partial charge in [0.25, 0.3) is 0 Å². The van der Waals surface area contributed by atoms with Gasteiger partial charge in [0.1, 0.15) is 0 Å². The van der Waals surface area contributed by atoms with Crippen LogP contribution in [0.5, 0.6) is 0 Å². The molecule has 0 radical (unpaired) electrons. The SMILES string of the molecule is CC(C)(CC[N+](C)(C)CCC[N+](C)(C)C)N(Cl)Cl. The Morgan fingerprint density at radius 2 is 1.39 bits per heavy atom. The van der Waals surface area contributed by atoms with Crippen molar-refractivity contribution in [2.45, 2.75) is 32.2 Å². The Labute approximate surface area is 124 Å². The van der Waals surface area contributed by atoms with E-state index in [0.29, 0.717) is 0 Å². The summed E-state index contributed by atoms with van der Waals surface area (Å²) in [5.41, 5.74) is -0.168. The molecule has 0 aromatic heterocycles. The lowest BCUT2D eigenvalue weighted by atomic mass is 10.0. The van der Waals surface area contributed by atoms with E-state index in [2.05, 4.69) is 49.1 Å². The van der Waals surface area contributed by atoms with Crippen molar-refractivity contribution >= 4 is 23.6 Å². The van der Waals surface area contributed by atoms with Gasteiger partial charge in [-0.25, -0.2) is 0 Å². The van der Waals surface area contributed by atoms with Gasteiger partial charge in [-0.15, -0.1) is 3.94 Å². The molecular weight excluding hydrogens is 269 g/mol. The smallest absolute Gasteiger partial charge is 0.0836 e. The second-order valence-corrected chi connectivity index (χ2v) is 8.39. The minimum Gasteiger partial charge on any atom is -0.331 e. The van der Waals surface area contributed by atoms with Gasteiger partial charge >= 0.3 is 0 Å². The Morgan fingerprint density at radius 1 is 0.889 bits per heavy atom. The highest BCUT2D eigenvalue weighted by Crippen LogP contribution is 2.24. The number of hydrogen-bond acceptors (Lipinski definition) is 1. The summed E-state index contributed by atoms with van der Waals surface area (Å²) in [7, 11) is 11.3. The lowest BCUT2D eigenvalue weighted by molar-refractivity contribution is -0.902. The molecule has 110 valence electrons. The summed E-state index contributed by atoms with van der Waals surface area (Å²) in [4.78, 5) is 0. The van der Waals surface area contributed by atoms with E-state index in [0.717, 1.165) is 21.9 Å². The van der Waals surface area contributed by atoms with Crippen molar-refractivity contribution in [3.63, 3.8) is 0 Å². The number of hydrogen-bond donors (Lipinski definition) is 0. The Hall–Kier alpha value is 0.460. The molecule has 0 aromatic carbocycles. The predicted octanol–water partition coefficient (Wildman–Crippen LogP) is 2.94. The van der Waals surface area contributed by atoms with Crippen molar-refractivity contribution in [1.29, 1.82) is 0 Å². The molecule has 0 saturated heterocycles. The summed E-state index contributed by atoms with van der Waals surface area (Å²) in [6.07, 6.45) is 2.22. The predicted molar refractivity (Wildman–Crippen MR) is 81.6 cm³/mol. The molecule has 0 amide bonds. The van der Waals surface area contributed by atoms with Crippen LogP contribution in [-0.2, 0) is 0 Å². The van der Waals surface area contributed by atoms with Crippen LogP contribution in [0, 0.1) is 0 Å². The van der Waals surface area contributed by atoms with Gasteiger partial charge in [0.2, 0.25) is 0 Å². The number of quaternary nitrogens is 2. The molecule has 5 heteroatoms. The Bertz CT molecular complexity index is 245. The molecule has 0 saturated carbocycles. The fourth-order valence-corrected chi connectivity index (χ4v) is 1.91. The van der Waals surface area contributed by atoms with E-state index in [-0.39, 0.29) is 5.54 Å². The van der Waals surface area contributed by atoms with Crippen LogP contribution in [0.25, 0.3) is 0 Å². The van der Waals surface area contributed by atoms with Gasteiger partial charge in [0, 0.05) is 12.8 Å². The van der Waals surface area contributed by atoms with Crippen LogP contribution in [0.4, 0.5) is 0 Å². The molecule has 18 heavy (non-hydrogen) atoms. The lowest BCUT2D eigenvalue weighted by Crippen LogP contribution is -2.47. The summed E-state index contributed by atoms with van der Waals surface area (Å²) in [6.45, 7) is 7.62. The fourth-order valence-electron chi connectivity index (χ4n) is 1.75. The second-order valence-electron chi connectivity index (χ2n) is 7.55. The van der Waals surface area contributed by atoms with Gasteiger partial charge in [0.05, 0.1) is 60.4 Å². The van der Waals surface area contributed by atoms with Crippen LogP contribution < -0.4 is 0 Å². The van der Waals surface area contributed by atoms with Crippen molar-refractivity contribution < 1.29 is 8.97 Å². The average Bonchev–Trinajstić information content (AvgIpc) is 2.12. The largest absolute Gasteiger partial charge is 0.331 e. The molecule has 0 unspecified atom stereocenters. The van der Waals surface area contributed by atoms with Crippen LogP contribution in [0.1, 0.15) is 26.7 Å². The molecular formula is C13H31Cl2N3+2. The van der Waals surface area contributed by atoms with Gasteiger partial charge in [-0.2, -0.15) is 0 Å². The highest BCUT2D eigenvalue weighted by Gasteiger charge is 2.28. The quantitative estimate of drug-likeness (QED) is 0.492. The van der Waals surface area contributed by atoms with E-state index in [9.17, 15) is 0 Å². The number of nitrogens with zero attached hydrogens (tertiary/aromatic N) is 3. The molecule has 0 heterocycles. The first-order valence-corrected chi connectivity index (χ1v) is 7.28. The molecule has 0 aliphatic heterocycles. The van der Waals surface area contributed by atoms with Crippen LogP contribution in [0.15, 0.2) is 0 Å². The highest BCUT2D eigenvalue weighted by molar-refractivity contribution is 6.34. The Balaban J connectivity index is 4.08. The Morgan fingerprint density at radius 3 is 1.78 bits per heavy atom. The maximum atomic E-state index is 5.85. The van der Waals surface area contributed by atoms with Gasteiger partial charge in [-0.05, 0) is 37.4 Å². The van der Waals surface area contributed by atoms with Crippen molar-refractivity contribution in [3.8, 4) is 0 Å². The topological polar surface area (TPSA) is 3.24 Å². The maximum absolute atomic E-state index is 5.85. The zero-order valence-electron chi connectivity index (χ0n) is 13.1. The number of rotatable bonds is 8. The average molecular weight is 300 g/mol. The van der Waals surface area contributed by atoms with E-state index < -0.39 is 0 Å². The van der Waals surface area contributed by atoms with E-state index in [1.54, 1.807) is 0 Å². The minimum absolute atomic E-state index is 0.168. The van der Waals surface area contributed by atoms with E-state index in [1.165, 1.54) is 23.4 Å². The molecule has 0 N–H and O–H groups in total. The molecule has 0 rings (SSSR count). The zero-order valence-corrected chi connectivity index (χ0v) is 14.6. The Kier molecular flexibility index (Phi) is 6.93. The molecule has 0 bridgehead atoms. The standard InChI is InChI=1S/C13H31Cl2N3/c1-13(2,16(14)15)9-12-18(6,7)11-8-10-17(3,4)5/h8-12H2,1-7H3/q+2. The van der Waals surface area contributed by atoms with Crippen LogP contribution in [0.2, 0.25) is 0 Å². The summed E-state index contributed by atoms with van der Waals surface area (Å²) in [5.74, 6) is 0. The molecule has 0 aliphatic carbocycles. The first-order valence-electron chi connectivity index (χ1n) is 6.60. The van der Waals surface area contributed by atoms with E-state index in [4.69, 9.17) is 23.6 Å². The second kappa shape index (κ2) is 6.76. The molecule has 0 aliphatic rings. The van der Waals surface area contributed by atoms with Gasteiger partial charge in [0.15, 0.2) is 0 Å². The van der Waals surface area contributed by atoms with Gasteiger partial charge in [-0.1, -0.05) is 0 Å². The van der Waals surface area contributed by atoms with Crippen molar-refractivity contribution in [1.82, 2.24) is 3.94 Å². The van der Waals surface area contributed by atoms with E-state index in [1.807, 2.05) is 0 Å². The van der Waals surface area contributed by atoms with Crippen LogP contribution in [0.3, 0.4) is 0 Å². The highest BCUT2D eigenvalue weighted by atomic mass is 35.5. The normalized spacial score (nSPS) is 14.3. The summed E-state index contributed by atoms with van der Waals surface area (Å²) in [6, 6.07) is 0. The third-order valence-electron chi connectivity index (χ3n) is 3.38. The van der Waals surface area contributed by atoms with Crippen molar-refractivity contribution in [2.75, 3.05) is 54.9 Å². The summed E-state index contributed by atoms with van der Waals surface area (Å²) in [5, 5.41) is 0. The van der Waals surface area contributed by atoms with Gasteiger partial charge in [-0.3, -0.25) is 0 Å². The number of halogens is 2. The lowest BCUT2D eigenvalue weighted by Gasteiger charge is -2.35. The summed E-state index contributed by atoms with van der Waals surface area (Å²) >= 11 is 11.7. The molecule has 0 spiro atoms. The molecule has 0 aromatic rings. The van der Waals surface area contributed by atoms with E-state index >= 15 is 0 Å². The van der Waals surface area contributed by atoms with Crippen molar-refractivity contribution in [3.05, 3.63) is 0 Å². The molecule has 3 nitrogen and oxygen atoms in total. The first-order chi connectivity index (χ1) is 7.86. The fraction of sp³-hybridized carbons (Fsp3) is 1.00. The molecule has 0 fully saturated rings. The first kappa shape index (κ1) is 18.5. The zero-order chi connectivity index (χ0) is 14.6. The van der Waals surface area contributed by atoms with Crippen molar-refractivity contribution in [2.24, 2.45) is 0 Å². The van der Waals surface area contributed by atoms with Crippen LogP contribution in [-0.4, -0.2) is 73.3 Å². The monoisotopic (exact) mass is 299 g/mol.